The summed E-state index contributed by atoms with van der Waals surface area (Å²) >= 11 is 0. The number of rotatable bonds is 4. The van der Waals surface area contributed by atoms with E-state index >= 15 is 0 Å². The van der Waals surface area contributed by atoms with E-state index in [4.69, 9.17) is 5.73 Å². The Hall–Kier alpha value is -2.11. The van der Waals surface area contributed by atoms with Gasteiger partial charge in [0.2, 0.25) is 0 Å². The molecule has 5 nitrogen and oxygen atoms in total. The molecule has 6 heteroatoms. The van der Waals surface area contributed by atoms with Crippen molar-refractivity contribution >= 4 is 17.6 Å². The van der Waals surface area contributed by atoms with Gasteiger partial charge in [0.05, 0.1) is 19.1 Å². The summed E-state index contributed by atoms with van der Waals surface area (Å²) in [6, 6.07) is 3.85. The molecule has 1 rings (SSSR count). The van der Waals surface area contributed by atoms with Crippen LogP contribution < -0.4 is 5.73 Å². The first-order valence-electron chi connectivity index (χ1n) is 5.33. The quantitative estimate of drug-likeness (QED) is 0.643. The number of ether oxygens (including phenoxy) is 1. The van der Waals surface area contributed by atoms with Crippen molar-refractivity contribution in [3.8, 4) is 0 Å². The summed E-state index contributed by atoms with van der Waals surface area (Å²) in [5.74, 6) is -1.60. The molecule has 1 amide bonds. The molecule has 0 saturated carbocycles. The predicted octanol–water partition coefficient (Wildman–Crippen LogP) is 1.04. The molecule has 1 aromatic carbocycles. The molecule has 0 atom stereocenters. The first-order valence-corrected chi connectivity index (χ1v) is 5.33. The van der Waals surface area contributed by atoms with E-state index < -0.39 is 17.7 Å². The summed E-state index contributed by atoms with van der Waals surface area (Å²) in [6.07, 6.45) is 0.0648. The maximum Gasteiger partial charge on any atom is 0.307 e. The first-order chi connectivity index (χ1) is 8.45. The Kier molecular flexibility index (Phi) is 4.65. The summed E-state index contributed by atoms with van der Waals surface area (Å²) in [5, 5.41) is 0. The van der Waals surface area contributed by atoms with Crippen LogP contribution in [0.5, 0.6) is 0 Å². The molecule has 0 aliphatic rings. The van der Waals surface area contributed by atoms with Crippen LogP contribution in [0.15, 0.2) is 18.2 Å². The van der Waals surface area contributed by atoms with Crippen LogP contribution in [0.1, 0.15) is 16.8 Å². The van der Waals surface area contributed by atoms with Gasteiger partial charge in [-0.1, -0.05) is 0 Å². The van der Waals surface area contributed by atoms with E-state index in [2.05, 4.69) is 4.74 Å². The molecule has 0 aliphatic heterocycles. The Morgan fingerprint density at radius 3 is 2.67 bits per heavy atom. The fourth-order valence-electron chi connectivity index (χ4n) is 1.37. The highest BCUT2D eigenvalue weighted by Gasteiger charge is 2.17. The number of methoxy groups -OCH3 is 1. The summed E-state index contributed by atoms with van der Waals surface area (Å²) in [7, 11) is 2.75. The molecule has 1 aromatic rings. The van der Waals surface area contributed by atoms with E-state index in [0.29, 0.717) is 0 Å². The molecule has 2 N–H and O–H groups in total. The number of benzene rings is 1. The number of nitrogen functional groups attached to an aromatic ring is 1. The number of nitrogens with zero attached hydrogens (tertiary/aromatic N) is 1. The molecule has 0 fully saturated rings. The fraction of sp³-hybridized carbons (Fsp3) is 0.333. The molecule has 0 bridgehead atoms. The van der Waals surface area contributed by atoms with Crippen molar-refractivity contribution in [2.45, 2.75) is 6.42 Å². The molecular formula is C12H15FN2O3. The smallest absolute Gasteiger partial charge is 0.307 e. The SMILES string of the molecule is COC(=O)CCN(C)C(=O)c1ccc(N)cc1F. The van der Waals surface area contributed by atoms with E-state index in [1.165, 1.54) is 31.2 Å². The molecule has 0 unspecified atom stereocenters. The molecule has 0 saturated heterocycles. The third-order valence-corrected chi connectivity index (χ3v) is 2.45. The molecule has 0 aromatic heterocycles. The second kappa shape index (κ2) is 6.00. The second-order valence-corrected chi connectivity index (χ2v) is 3.79. The molecule has 98 valence electrons. The Morgan fingerprint density at radius 1 is 1.44 bits per heavy atom. The average Bonchev–Trinajstić information content (AvgIpc) is 2.34. The summed E-state index contributed by atoms with van der Waals surface area (Å²) in [5.41, 5.74) is 5.57. The zero-order chi connectivity index (χ0) is 13.7. The summed E-state index contributed by atoms with van der Waals surface area (Å²) in [4.78, 5) is 24.1. The number of carbonyl (C=O) groups is 2. The van der Waals surface area contributed by atoms with Crippen LogP contribution in [0, 0.1) is 5.82 Å². The first kappa shape index (κ1) is 14.0. The normalized spacial score (nSPS) is 9.94. The molecule has 0 spiro atoms. The summed E-state index contributed by atoms with van der Waals surface area (Å²) in [6.45, 7) is 0.162. The lowest BCUT2D eigenvalue weighted by molar-refractivity contribution is -0.140. The average molecular weight is 254 g/mol. The van der Waals surface area contributed by atoms with Gasteiger partial charge >= 0.3 is 5.97 Å². The van der Waals surface area contributed by atoms with E-state index in [1.807, 2.05) is 0 Å². The predicted molar refractivity (Wildman–Crippen MR) is 64.4 cm³/mol. The number of carbonyl (C=O) groups excluding carboxylic acids is 2. The number of anilines is 1. The highest BCUT2D eigenvalue weighted by Crippen LogP contribution is 2.13. The summed E-state index contributed by atoms with van der Waals surface area (Å²) < 4.78 is 18.0. The van der Waals surface area contributed by atoms with Crippen molar-refractivity contribution in [2.75, 3.05) is 26.4 Å². The number of amides is 1. The second-order valence-electron chi connectivity index (χ2n) is 3.79. The fourth-order valence-corrected chi connectivity index (χ4v) is 1.37. The lowest BCUT2D eigenvalue weighted by Crippen LogP contribution is -2.30. The number of nitrogens with two attached hydrogens (primary N) is 1. The van der Waals surface area contributed by atoms with Crippen molar-refractivity contribution in [3.63, 3.8) is 0 Å². The Morgan fingerprint density at radius 2 is 2.11 bits per heavy atom. The number of halogens is 1. The van der Waals surface area contributed by atoms with Gasteiger partial charge in [-0.3, -0.25) is 9.59 Å². The van der Waals surface area contributed by atoms with Gasteiger partial charge in [0.15, 0.2) is 0 Å². The van der Waals surface area contributed by atoms with Gasteiger partial charge in [0.25, 0.3) is 5.91 Å². The van der Waals surface area contributed by atoms with Crippen LogP contribution in [0.2, 0.25) is 0 Å². The third-order valence-electron chi connectivity index (χ3n) is 2.45. The zero-order valence-electron chi connectivity index (χ0n) is 10.3. The van der Waals surface area contributed by atoms with Gasteiger partial charge in [0, 0.05) is 19.3 Å². The van der Waals surface area contributed by atoms with E-state index in [1.54, 1.807) is 0 Å². The van der Waals surface area contributed by atoms with E-state index in [0.717, 1.165) is 6.07 Å². The van der Waals surface area contributed by atoms with Gasteiger partial charge in [-0.05, 0) is 18.2 Å². The van der Waals surface area contributed by atoms with Crippen molar-refractivity contribution in [1.29, 1.82) is 0 Å². The lowest BCUT2D eigenvalue weighted by Gasteiger charge is -2.16. The van der Waals surface area contributed by atoms with E-state index in [9.17, 15) is 14.0 Å². The van der Waals surface area contributed by atoms with Crippen LogP contribution in [-0.2, 0) is 9.53 Å². The van der Waals surface area contributed by atoms with Crippen molar-refractivity contribution in [3.05, 3.63) is 29.6 Å². The molecule has 0 aliphatic carbocycles. The maximum absolute atomic E-state index is 13.5. The van der Waals surface area contributed by atoms with Gasteiger partial charge in [0.1, 0.15) is 5.82 Å². The minimum Gasteiger partial charge on any atom is -0.469 e. The topological polar surface area (TPSA) is 72.6 Å². The van der Waals surface area contributed by atoms with Gasteiger partial charge < -0.3 is 15.4 Å². The van der Waals surface area contributed by atoms with Crippen LogP contribution in [0.3, 0.4) is 0 Å². The minimum atomic E-state index is -0.676. The van der Waals surface area contributed by atoms with Crippen LogP contribution in [-0.4, -0.2) is 37.5 Å². The Balaban J connectivity index is 2.71. The highest BCUT2D eigenvalue weighted by molar-refractivity contribution is 5.94. The van der Waals surface area contributed by atoms with E-state index in [-0.39, 0.29) is 24.2 Å². The van der Waals surface area contributed by atoms with Crippen LogP contribution >= 0.6 is 0 Å². The zero-order valence-corrected chi connectivity index (χ0v) is 10.3. The van der Waals surface area contributed by atoms with Gasteiger partial charge in [-0.15, -0.1) is 0 Å². The molecular weight excluding hydrogens is 239 g/mol. The van der Waals surface area contributed by atoms with Crippen molar-refractivity contribution in [2.24, 2.45) is 0 Å². The number of esters is 1. The third kappa shape index (κ3) is 3.44. The molecule has 0 heterocycles. The van der Waals surface area contributed by atoms with Crippen LogP contribution in [0.25, 0.3) is 0 Å². The van der Waals surface area contributed by atoms with Crippen LogP contribution in [0.4, 0.5) is 10.1 Å². The standard InChI is InChI=1S/C12H15FN2O3/c1-15(6-5-11(16)18-2)12(17)9-4-3-8(14)7-10(9)13/h3-4,7H,5-6,14H2,1-2H3. The maximum atomic E-state index is 13.5. The van der Waals surface area contributed by atoms with Gasteiger partial charge in [-0.25, -0.2) is 4.39 Å². The van der Waals surface area contributed by atoms with Crippen molar-refractivity contribution in [1.82, 2.24) is 4.90 Å². The minimum absolute atomic E-state index is 0.0648. The van der Waals surface area contributed by atoms with Crippen molar-refractivity contribution < 1.29 is 18.7 Å². The number of hydrogen-bond donors (Lipinski definition) is 1. The lowest BCUT2D eigenvalue weighted by atomic mass is 10.1. The molecule has 0 radical (unpaired) electrons. The Bertz CT molecular complexity index is 463. The largest absolute Gasteiger partial charge is 0.469 e. The number of hydrogen-bond acceptors (Lipinski definition) is 4. The van der Waals surface area contributed by atoms with Gasteiger partial charge in [-0.2, -0.15) is 0 Å². The highest BCUT2D eigenvalue weighted by atomic mass is 19.1. The monoisotopic (exact) mass is 254 g/mol. The molecule has 18 heavy (non-hydrogen) atoms. The Labute approximate surface area is 104 Å².